The Hall–Kier alpha value is -1.56. The molecule has 0 aliphatic carbocycles. The molecule has 1 amide bonds. The minimum Gasteiger partial charge on any atom is -0.444 e. The van der Waals surface area contributed by atoms with Crippen molar-refractivity contribution >= 4 is 6.09 Å². The maximum atomic E-state index is 11.9. The Morgan fingerprint density at radius 3 is 2.90 bits per heavy atom. The van der Waals surface area contributed by atoms with Gasteiger partial charge in [-0.15, -0.1) is 0 Å². The van der Waals surface area contributed by atoms with Crippen LogP contribution in [-0.4, -0.2) is 46.0 Å². The van der Waals surface area contributed by atoms with Crippen LogP contribution in [0.25, 0.3) is 0 Å². The van der Waals surface area contributed by atoms with E-state index in [0.29, 0.717) is 13.1 Å². The molecule has 6 nitrogen and oxygen atoms in total. The first-order chi connectivity index (χ1) is 9.44. The maximum absolute atomic E-state index is 11.9. The highest BCUT2D eigenvalue weighted by Gasteiger charge is 2.36. The fourth-order valence-corrected chi connectivity index (χ4v) is 2.66. The summed E-state index contributed by atoms with van der Waals surface area (Å²) in [5, 5.41) is 7.86. The van der Waals surface area contributed by atoms with Gasteiger partial charge in [0.15, 0.2) is 0 Å². The third-order valence-corrected chi connectivity index (χ3v) is 3.71. The van der Waals surface area contributed by atoms with E-state index in [1.165, 1.54) is 11.3 Å². The molecule has 0 saturated carbocycles. The van der Waals surface area contributed by atoms with Crippen molar-refractivity contribution in [2.75, 3.05) is 19.6 Å². The summed E-state index contributed by atoms with van der Waals surface area (Å²) in [6.45, 7) is 8.92. The molecule has 1 aromatic rings. The van der Waals surface area contributed by atoms with Gasteiger partial charge in [0, 0.05) is 19.6 Å². The van der Waals surface area contributed by atoms with Crippen LogP contribution in [0.4, 0.5) is 4.79 Å². The van der Waals surface area contributed by atoms with Gasteiger partial charge in [-0.1, -0.05) is 0 Å². The monoisotopic (exact) mass is 278 g/mol. The normalized spacial score (nSPS) is 19.4. The summed E-state index contributed by atoms with van der Waals surface area (Å²) < 4.78 is 7.44. The summed E-state index contributed by atoms with van der Waals surface area (Å²) in [5.41, 5.74) is 2.17. The highest BCUT2D eigenvalue weighted by molar-refractivity contribution is 5.69. The van der Waals surface area contributed by atoms with Crippen molar-refractivity contribution in [2.24, 2.45) is 0 Å². The predicted octanol–water partition coefficient (Wildman–Crippen LogP) is 1.32. The lowest BCUT2D eigenvalue weighted by Gasteiger charge is -2.40. The molecule has 0 atom stereocenters. The van der Waals surface area contributed by atoms with Crippen molar-refractivity contribution in [3.8, 4) is 0 Å². The molecular weight excluding hydrogens is 256 g/mol. The quantitative estimate of drug-likeness (QED) is 0.841. The SMILES string of the molecule is CC(C)(C)OC(=O)N1CC(n2ncc3c2CNCC3)C1. The molecule has 2 aliphatic heterocycles. The average Bonchev–Trinajstić information content (AvgIpc) is 2.69. The van der Waals surface area contributed by atoms with Crippen LogP contribution < -0.4 is 5.32 Å². The van der Waals surface area contributed by atoms with Crippen molar-refractivity contribution in [3.05, 3.63) is 17.5 Å². The van der Waals surface area contributed by atoms with Gasteiger partial charge in [-0.25, -0.2) is 4.79 Å². The topological polar surface area (TPSA) is 59.4 Å². The van der Waals surface area contributed by atoms with Crippen molar-refractivity contribution < 1.29 is 9.53 Å². The Kier molecular flexibility index (Phi) is 3.20. The summed E-state index contributed by atoms with van der Waals surface area (Å²) in [4.78, 5) is 13.6. The molecule has 0 radical (unpaired) electrons. The molecule has 3 rings (SSSR count). The van der Waals surface area contributed by atoms with E-state index in [0.717, 1.165) is 19.5 Å². The van der Waals surface area contributed by atoms with E-state index in [1.807, 2.05) is 27.0 Å². The largest absolute Gasteiger partial charge is 0.444 e. The predicted molar refractivity (Wildman–Crippen MR) is 74.5 cm³/mol. The Morgan fingerprint density at radius 2 is 2.20 bits per heavy atom. The van der Waals surface area contributed by atoms with E-state index in [4.69, 9.17) is 4.74 Å². The number of carbonyl (C=O) groups is 1. The molecule has 1 aromatic heterocycles. The molecule has 1 fully saturated rings. The van der Waals surface area contributed by atoms with E-state index in [1.54, 1.807) is 4.90 Å². The number of likely N-dealkylation sites (tertiary alicyclic amines) is 1. The minimum atomic E-state index is -0.434. The van der Waals surface area contributed by atoms with Gasteiger partial charge in [-0.3, -0.25) is 4.68 Å². The molecule has 0 aromatic carbocycles. The van der Waals surface area contributed by atoms with Crippen molar-refractivity contribution in [3.63, 3.8) is 0 Å². The summed E-state index contributed by atoms with van der Waals surface area (Å²) in [5.74, 6) is 0. The Bertz CT molecular complexity index is 512. The van der Waals surface area contributed by atoms with Crippen LogP contribution in [0.3, 0.4) is 0 Å². The summed E-state index contributed by atoms with van der Waals surface area (Å²) in [6, 6.07) is 0.283. The first kappa shape index (κ1) is 13.4. The van der Waals surface area contributed by atoms with E-state index in [-0.39, 0.29) is 12.1 Å². The number of nitrogens with zero attached hydrogens (tertiary/aromatic N) is 3. The number of rotatable bonds is 1. The summed E-state index contributed by atoms with van der Waals surface area (Å²) in [6.07, 6.45) is 2.78. The molecule has 0 unspecified atom stereocenters. The maximum Gasteiger partial charge on any atom is 0.410 e. The second-order valence-corrected chi connectivity index (χ2v) is 6.53. The van der Waals surface area contributed by atoms with Gasteiger partial charge in [0.2, 0.25) is 0 Å². The first-order valence-corrected chi connectivity index (χ1v) is 7.18. The highest BCUT2D eigenvalue weighted by Crippen LogP contribution is 2.26. The van der Waals surface area contributed by atoms with Crippen LogP contribution in [0.15, 0.2) is 6.20 Å². The van der Waals surface area contributed by atoms with Gasteiger partial charge in [0.1, 0.15) is 5.60 Å². The van der Waals surface area contributed by atoms with Crippen LogP contribution in [0.2, 0.25) is 0 Å². The summed E-state index contributed by atoms with van der Waals surface area (Å²) >= 11 is 0. The average molecular weight is 278 g/mol. The Balaban J connectivity index is 1.61. The molecule has 1 N–H and O–H groups in total. The molecule has 6 heteroatoms. The van der Waals surface area contributed by atoms with Crippen LogP contribution >= 0.6 is 0 Å². The van der Waals surface area contributed by atoms with Crippen LogP contribution in [0, 0.1) is 0 Å². The number of hydrogen-bond donors (Lipinski definition) is 1. The lowest BCUT2D eigenvalue weighted by Crippen LogP contribution is -2.52. The zero-order valence-electron chi connectivity index (χ0n) is 12.3. The minimum absolute atomic E-state index is 0.229. The van der Waals surface area contributed by atoms with E-state index < -0.39 is 5.60 Å². The number of nitrogens with one attached hydrogen (secondary N) is 1. The van der Waals surface area contributed by atoms with Crippen molar-refractivity contribution in [1.82, 2.24) is 20.0 Å². The molecule has 20 heavy (non-hydrogen) atoms. The number of ether oxygens (including phenoxy) is 1. The first-order valence-electron chi connectivity index (χ1n) is 7.18. The molecule has 2 aliphatic rings. The Morgan fingerprint density at radius 1 is 1.45 bits per heavy atom. The molecule has 3 heterocycles. The third kappa shape index (κ3) is 2.52. The van der Waals surface area contributed by atoms with E-state index in [9.17, 15) is 4.79 Å². The zero-order valence-corrected chi connectivity index (χ0v) is 12.3. The van der Waals surface area contributed by atoms with Gasteiger partial charge >= 0.3 is 6.09 Å². The molecule has 1 saturated heterocycles. The number of hydrogen-bond acceptors (Lipinski definition) is 4. The van der Waals surface area contributed by atoms with Crippen molar-refractivity contribution in [1.29, 1.82) is 0 Å². The van der Waals surface area contributed by atoms with Gasteiger partial charge in [-0.05, 0) is 39.3 Å². The molecule has 0 bridgehead atoms. The van der Waals surface area contributed by atoms with Crippen LogP contribution in [-0.2, 0) is 17.7 Å². The van der Waals surface area contributed by atoms with Gasteiger partial charge in [0.25, 0.3) is 0 Å². The van der Waals surface area contributed by atoms with Gasteiger partial charge in [-0.2, -0.15) is 5.10 Å². The smallest absolute Gasteiger partial charge is 0.410 e. The fourth-order valence-electron chi connectivity index (χ4n) is 2.66. The van der Waals surface area contributed by atoms with E-state index >= 15 is 0 Å². The lowest BCUT2D eigenvalue weighted by atomic mass is 10.1. The lowest BCUT2D eigenvalue weighted by molar-refractivity contribution is -0.000823. The van der Waals surface area contributed by atoms with Crippen LogP contribution in [0.5, 0.6) is 0 Å². The van der Waals surface area contributed by atoms with Gasteiger partial charge < -0.3 is 15.0 Å². The highest BCUT2D eigenvalue weighted by atomic mass is 16.6. The zero-order chi connectivity index (χ0) is 14.3. The van der Waals surface area contributed by atoms with E-state index in [2.05, 4.69) is 15.1 Å². The number of aromatic nitrogens is 2. The second-order valence-electron chi connectivity index (χ2n) is 6.53. The Labute approximate surface area is 119 Å². The second kappa shape index (κ2) is 4.77. The summed E-state index contributed by atoms with van der Waals surface area (Å²) in [7, 11) is 0. The fraction of sp³-hybridized carbons (Fsp3) is 0.714. The number of amides is 1. The molecular formula is C14H22N4O2. The van der Waals surface area contributed by atoms with Gasteiger partial charge in [0.05, 0.1) is 17.9 Å². The molecule has 110 valence electrons. The molecule has 0 spiro atoms. The third-order valence-electron chi connectivity index (χ3n) is 3.71. The number of fused-ring (bicyclic) bond motifs is 1. The number of carbonyl (C=O) groups excluding carboxylic acids is 1. The standard InChI is InChI=1S/C14H22N4O2/c1-14(2,3)20-13(19)17-8-11(9-17)18-12-7-15-5-4-10(12)6-16-18/h6,11,15H,4-5,7-9H2,1-3H3. The van der Waals surface area contributed by atoms with Crippen molar-refractivity contribution in [2.45, 2.75) is 45.4 Å². The van der Waals surface area contributed by atoms with Crippen LogP contribution in [0.1, 0.15) is 38.1 Å².